The van der Waals surface area contributed by atoms with E-state index >= 15 is 0 Å². The van der Waals surface area contributed by atoms with Crippen LogP contribution in [0.3, 0.4) is 0 Å². The molecule has 6 heteroatoms. The van der Waals surface area contributed by atoms with Crippen LogP contribution in [0, 0.1) is 0 Å². The van der Waals surface area contributed by atoms with Gasteiger partial charge in [-0.25, -0.2) is 9.97 Å². The van der Waals surface area contributed by atoms with Crippen molar-refractivity contribution in [3.05, 3.63) is 89.7 Å². The van der Waals surface area contributed by atoms with Gasteiger partial charge in [-0.1, -0.05) is 60.7 Å². The van der Waals surface area contributed by atoms with Crippen LogP contribution >= 0.6 is 11.3 Å². The van der Waals surface area contributed by atoms with Crippen LogP contribution in [0.25, 0.3) is 32.7 Å². The Labute approximate surface area is 184 Å². The molecule has 0 bridgehead atoms. The molecule has 0 amide bonds. The number of benzene rings is 2. The average Bonchev–Trinajstić information content (AvgIpc) is 3.46. The highest BCUT2D eigenvalue weighted by molar-refractivity contribution is 7.20. The number of nitrogens with two attached hydrogens (primary N) is 1. The number of nitrogens with zero attached hydrogens (tertiary/aromatic N) is 2. The monoisotopic (exact) mass is 426 g/mol. The molecule has 0 aliphatic rings. The summed E-state index contributed by atoms with van der Waals surface area (Å²) in [6, 6.07) is 24.1. The highest BCUT2D eigenvalue weighted by atomic mass is 32.1. The lowest BCUT2D eigenvalue weighted by molar-refractivity contribution is 0.518. The van der Waals surface area contributed by atoms with Crippen LogP contribution in [0.15, 0.2) is 83.5 Å². The third-order valence-corrected chi connectivity index (χ3v) is 6.47. The number of furan rings is 1. The maximum Gasteiger partial charge on any atom is 0.162 e. The zero-order chi connectivity index (χ0) is 21.2. The van der Waals surface area contributed by atoms with E-state index in [-0.39, 0.29) is 6.04 Å². The van der Waals surface area contributed by atoms with Crippen LogP contribution in [-0.2, 0) is 6.54 Å². The van der Waals surface area contributed by atoms with Gasteiger partial charge in [0.2, 0.25) is 0 Å². The van der Waals surface area contributed by atoms with Gasteiger partial charge in [-0.05, 0) is 24.6 Å². The minimum Gasteiger partial charge on any atom is -0.467 e. The van der Waals surface area contributed by atoms with E-state index in [1.54, 1.807) is 17.6 Å². The third kappa shape index (κ3) is 3.83. The van der Waals surface area contributed by atoms with Gasteiger partial charge in [0.25, 0.3) is 0 Å². The molecule has 1 atom stereocenters. The van der Waals surface area contributed by atoms with Crippen LogP contribution in [0.5, 0.6) is 0 Å². The Kier molecular flexibility index (Phi) is 5.24. The fourth-order valence-corrected chi connectivity index (χ4v) is 4.80. The number of hydrogen-bond donors (Lipinski definition) is 2. The summed E-state index contributed by atoms with van der Waals surface area (Å²) in [5.74, 6) is 2.32. The fourth-order valence-electron chi connectivity index (χ4n) is 3.62. The Balaban J connectivity index is 1.74. The maximum atomic E-state index is 6.39. The Morgan fingerprint density at radius 3 is 2.29 bits per heavy atom. The van der Waals surface area contributed by atoms with Crippen molar-refractivity contribution in [3.63, 3.8) is 0 Å². The molecule has 31 heavy (non-hydrogen) atoms. The Morgan fingerprint density at radius 2 is 1.65 bits per heavy atom. The lowest BCUT2D eigenvalue weighted by atomic mass is 10.0. The van der Waals surface area contributed by atoms with Crippen LogP contribution in [0.2, 0.25) is 0 Å². The number of hydrogen-bond acceptors (Lipinski definition) is 6. The quantitative estimate of drug-likeness (QED) is 0.336. The fraction of sp³-hybridized carbons (Fsp3) is 0.120. The van der Waals surface area contributed by atoms with Gasteiger partial charge in [-0.15, -0.1) is 11.3 Å². The van der Waals surface area contributed by atoms with Crippen LogP contribution in [0.4, 0.5) is 5.82 Å². The molecule has 0 saturated heterocycles. The summed E-state index contributed by atoms with van der Waals surface area (Å²) >= 11 is 1.65. The average molecular weight is 427 g/mol. The van der Waals surface area contributed by atoms with Crippen molar-refractivity contribution < 1.29 is 4.42 Å². The molecule has 3 N–H and O–H groups in total. The van der Waals surface area contributed by atoms with Gasteiger partial charge in [0.1, 0.15) is 11.6 Å². The molecule has 0 radical (unpaired) electrons. The Bertz CT molecular complexity index is 1300. The lowest BCUT2D eigenvalue weighted by Gasteiger charge is -2.10. The van der Waals surface area contributed by atoms with E-state index in [9.17, 15) is 0 Å². The molecule has 3 heterocycles. The van der Waals surface area contributed by atoms with E-state index in [2.05, 4.69) is 17.4 Å². The summed E-state index contributed by atoms with van der Waals surface area (Å²) in [6.45, 7) is 2.55. The number of nitrogens with one attached hydrogen (secondary N) is 1. The number of anilines is 1. The zero-order valence-electron chi connectivity index (χ0n) is 17.1. The van der Waals surface area contributed by atoms with Crippen molar-refractivity contribution in [1.29, 1.82) is 0 Å². The first-order valence-corrected chi connectivity index (χ1v) is 11.0. The summed E-state index contributed by atoms with van der Waals surface area (Å²) in [5.41, 5.74) is 10.5. The summed E-state index contributed by atoms with van der Waals surface area (Å²) in [6.07, 6.45) is 1.68. The first-order chi connectivity index (χ1) is 15.2. The molecule has 0 aliphatic heterocycles. The van der Waals surface area contributed by atoms with E-state index in [0.29, 0.717) is 12.4 Å². The molecular weight excluding hydrogens is 404 g/mol. The zero-order valence-corrected chi connectivity index (χ0v) is 17.9. The standard InChI is InChI=1S/C25H22N4OS/c1-16(26)22-20(17-9-4-2-5-10-17)21-23(31-22)25(27-15-19-13-8-14-30-19)29-24(28-21)18-11-6-3-7-12-18/h2-14,16H,15,26H2,1H3,(H,27,28,29). The predicted octanol–water partition coefficient (Wildman–Crippen LogP) is 6.25. The molecule has 0 saturated carbocycles. The summed E-state index contributed by atoms with van der Waals surface area (Å²) < 4.78 is 6.49. The van der Waals surface area contributed by atoms with Crippen molar-refractivity contribution in [3.8, 4) is 22.5 Å². The van der Waals surface area contributed by atoms with Gasteiger partial charge in [-0.3, -0.25) is 0 Å². The lowest BCUT2D eigenvalue weighted by Crippen LogP contribution is -2.04. The molecule has 0 aliphatic carbocycles. The first kappa shape index (κ1) is 19.5. The van der Waals surface area contributed by atoms with Crippen molar-refractivity contribution in [1.82, 2.24) is 9.97 Å². The number of fused-ring (bicyclic) bond motifs is 1. The molecule has 2 aromatic carbocycles. The number of rotatable bonds is 6. The second kappa shape index (κ2) is 8.34. The highest BCUT2D eigenvalue weighted by Gasteiger charge is 2.22. The van der Waals surface area contributed by atoms with Crippen LogP contribution < -0.4 is 11.1 Å². The molecule has 5 nitrogen and oxygen atoms in total. The van der Waals surface area contributed by atoms with E-state index < -0.39 is 0 Å². The Hall–Kier alpha value is -3.48. The van der Waals surface area contributed by atoms with Gasteiger partial charge < -0.3 is 15.5 Å². The Morgan fingerprint density at radius 1 is 0.935 bits per heavy atom. The second-order valence-corrected chi connectivity index (χ2v) is 8.42. The number of aromatic nitrogens is 2. The maximum absolute atomic E-state index is 6.39. The van der Waals surface area contributed by atoms with E-state index in [1.165, 1.54) is 0 Å². The summed E-state index contributed by atoms with van der Waals surface area (Å²) in [7, 11) is 0. The van der Waals surface area contributed by atoms with E-state index in [1.807, 2.05) is 67.6 Å². The molecule has 1 unspecified atom stereocenters. The second-order valence-electron chi connectivity index (χ2n) is 7.37. The highest BCUT2D eigenvalue weighted by Crippen LogP contribution is 2.43. The van der Waals surface area contributed by atoms with Gasteiger partial charge in [0, 0.05) is 22.0 Å². The molecule has 3 aromatic heterocycles. The normalized spacial score (nSPS) is 12.2. The molecule has 0 fully saturated rings. The van der Waals surface area contributed by atoms with Crippen LogP contribution in [0.1, 0.15) is 23.6 Å². The minimum atomic E-state index is -0.118. The van der Waals surface area contributed by atoms with Crippen molar-refractivity contribution in [2.24, 2.45) is 5.73 Å². The predicted molar refractivity (Wildman–Crippen MR) is 127 cm³/mol. The van der Waals surface area contributed by atoms with Gasteiger partial charge >= 0.3 is 0 Å². The van der Waals surface area contributed by atoms with Gasteiger partial charge in [0.05, 0.1) is 23.0 Å². The molecule has 0 spiro atoms. The van der Waals surface area contributed by atoms with E-state index in [4.69, 9.17) is 20.1 Å². The molecule has 5 rings (SSSR count). The smallest absolute Gasteiger partial charge is 0.162 e. The third-order valence-electron chi connectivity index (χ3n) is 5.08. The van der Waals surface area contributed by atoms with Crippen molar-refractivity contribution >= 4 is 27.4 Å². The summed E-state index contributed by atoms with van der Waals surface area (Å²) in [5, 5.41) is 3.46. The van der Waals surface area contributed by atoms with Crippen molar-refractivity contribution in [2.75, 3.05) is 5.32 Å². The number of thiophene rings is 1. The van der Waals surface area contributed by atoms with E-state index in [0.717, 1.165) is 43.4 Å². The van der Waals surface area contributed by atoms with Crippen LogP contribution in [-0.4, -0.2) is 9.97 Å². The molecular formula is C25H22N4OS. The first-order valence-electron chi connectivity index (χ1n) is 10.2. The van der Waals surface area contributed by atoms with Gasteiger partial charge in [0.15, 0.2) is 5.82 Å². The molecule has 5 aromatic rings. The summed E-state index contributed by atoms with van der Waals surface area (Å²) in [4.78, 5) is 11.0. The minimum absolute atomic E-state index is 0.118. The van der Waals surface area contributed by atoms with Gasteiger partial charge in [-0.2, -0.15) is 0 Å². The topological polar surface area (TPSA) is 77.0 Å². The largest absolute Gasteiger partial charge is 0.467 e. The SMILES string of the molecule is CC(N)c1sc2c(NCc3ccco3)nc(-c3ccccc3)nc2c1-c1ccccc1. The van der Waals surface area contributed by atoms with Crippen molar-refractivity contribution in [2.45, 2.75) is 19.5 Å². The molecule has 154 valence electrons.